The van der Waals surface area contributed by atoms with Gasteiger partial charge in [-0.1, -0.05) is 68.4 Å². The first-order valence-electron chi connectivity index (χ1n) is 10.7. The third-order valence-corrected chi connectivity index (χ3v) is 6.85. The topological polar surface area (TPSA) is 52.5 Å². The number of rotatable bonds is 1. The third-order valence-electron chi connectivity index (χ3n) is 6.85. The minimum Gasteiger partial charge on any atom is -0.307 e. The SMILES string of the molecule is CC1(C)c2ccccc2-c2ccc3c(c21)c1ccccc1n3-c1c(C#N)cccc1C#N. The number of nitriles is 2. The molecule has 1 aliphatic carbocycles. The van der Waals surface area contributed by atoms with Crippen LogP contribution in [0.25, 0.3) is 38.6 Å². The maximum atomic E-state index is 9.86. The van der Waals surface area contributed by atoms with Gasteiger partial charge in [0.2, 0.25) is 0 Å². The van der Waals surface area contributed by atoms with Crippen LogP contribution in [0.1, 0.15) is 36.1 Å². The lowest BCUT2D eigenvalue weighted by Crippen LogP contribution is -2.15. The van der Waals surface area contributed by atoms with E-state index in [0.29, 0.717) is 16.8 Å². The van der Waals surface area contributed by atoms with Crippen LogP contribution in [0.5, 0.6) is 0 Å². The number of benzene rings is 4. The molecule has 0 saturated carbocycles. The first-order valence-corrected chi connectivity index (χ1v) is 10.7. The summed E-state index contributed by atoms with van der Waals surface area (Å²) in [7, 11) is 0. The zero-order valence-electron chi connectivity index (χ0n) is 17.8. The predicted octanol–water partition coefficient (Wildman–Crippen LogP) is 6.83. The number of nitrogens with zero attached hydrogens (tertiary/aromatic N) is 3. The molecule has 3 nitrogen and oxygen atoms in total. The molecule has 0 atom stereocenters. The van der Waals surface area contributed by atoms with E-state index in [1.807, 2.05) is 6.07 Å². The van der Waals surface area contributed by atoms with Crippen LogP contribution in [0.4, 0.5) is 0 Å². The molecule has 0 amide bonds. The Balaban J connectivity index is 1.85. The molecule has 0 spiro atoms. The number of hydrogen-bond donors (Lipinski definition) is 0. The number of para-hydroxylation sites is 2. The van der Waals surface area contributed by atoms with Crippen molar-refractivity contribution in [2.45, 2.75) is 19.3 Å². The number of aromatic nitrogens is 1. The van der Waals surface area contributed by atoms with Gasteiger partial charge in [0.15, 0.2) is 0 Å². The van der Waals surface area contributed by atoms with E-state index in [0.717, 1.165) is 16.4 Å². The molecular formula is C29H19N3. The normalized spacial score (nSPS) is 13.5. The fourth-order valence-corrected chi connectivity index (χ4v) is 5.54. The zero-order valence-corrected chi connectivity index (χ0v) is 17.8. The Labute approximate surface area is 186 Å². The van der Waals surface area contributed by atoms with Crippen LogP contribution in [-0.2, 0) is 5.41 Å². The van der Waals surface area contributed by atoms with Gasteiger partial charge in [0, 0.05) is 16.2 Å². The lowest BCUT2D eigenvalue weighted by Gasteiger charge is -2.22. The van der Waals surface area contributed by atoms with Crippen molar-refractivity contribution >= 4 is 21.8 Å². The van der Waals surface area contributed by atoms with E-state index in [9.17, 15) is 10.5 Å². The molecule has 0 fully saturated rings. The third kappa shape index (κ3) is 2.18. The van der Waals surface area contributed by atoms with E-state index in [4.69, 9.17) is 0 Å². The molecule has 0 radical (unpaired) electrons. The first kappa shape index (κ1) is 18.4. The molecule has 1 aliphatic rings. The Morgan fingerprint density at radius 2 is 1.38 bits per heavy atom. The van der Waals surface area contributed by atoms with Crippen LogP contribution in [0.3, 0.4) is 0 Å². The molecule has 6 rings (SSSR count). The maximum absolute atomic E-state index is 9.86. The van der Waals surface area contributed by atoms with Crippen molar-refractivity contribution in [2.75, 3.05) is 0 Å². The molecule has 0 saturated heterocycles. The Hall–Kier alpha value is -4.34. The van der Waals surface area contributed by atoms with Gasteiger partial charge in [-0.05, 0) is 46.5 Å². The molecule has 0 unspecified atom stereocenters. The van der Waals surface area contributed by atoms with Gasteiger partial charge in [0.05, 0.1) is 27.8 Å². The minimum atomic E-state index is -0.160. The predicted molar refractivity (Wildman–Crippen MR) is 128 cm³/mol. The summed E-state index contributed by atoms with van der Waals surface area (Å²) in [5.41, 5.74) is 8.67. The van der Waals surface area contributed by atoms with Gasteiger partial charge in [-0.25, -0.2) is 0 Å². The summed E-state index contributed by atoms with van der Waals surface area (Å²) in [4.78, 5) is 0. The van der Waals surface area contributed by atoms with Gasteiger partial charge in [-0.2, -0.15) is 10.5 Å². The van der Waals surface area contributed by atoms with Gasteiger partial charge < -0.3 is 4.57 Å². The summed E-state index contributed by atoms with van der Waals surface area (Å²) in [6.45, 7) is 4.57. The Bertz CT molecular complexity index is 1640. The van der Waals surface area contributed by atoms with Crippen molar-refractivity contribution < 1.29 is 0 Å². The molecule has 150 valence electrons. The van der Waals surface area contributed by atoms with Gasteiger partial charge in [-0.15, -0.1) is 0 Å². The van der Waals surface area contributed by atoms with Crippen molar-refractivity contribution in [3.63, 3.8) is 0 Å². The van der Waals surface area contributed by atoms with Crippen LogP contribution >= 0.6 is 0 Å². The molecule has 1 aromatic heterocycles. The van der Waals surface area contributed by atoms with E-state index >= 15 is 0 Å². The summed E-state index contributed by atoms with van der Waals surface area (Å²) in [6.07, 6.45) is 0. The standard InChI is InChI=1S/C29H19N3/c1-29(2)23-12-5-3-10-20(23)21-14-15-25-26(27(21)29)22-11-4-6-13-24(22)32(25)28-18(16-30)8-7-9-19(28)17-31/h3-15H,1-2H3. The van der Waals surface area contributed by atoms with Crippen molar-refractivity contribution in [2.24, 2.45) is 0 Å². The average Bonchev–Trinajstić information content (AvgIpc) is 3.28. The highest BCUT2D eigenvalue weighted by molar-refractivity contribution is 6.14. The van der Waals surface area contributed by atoms with Gasteiger partial charge in [-0.3, -0.25) is 0 Å². The highest BCUT2D eigenvalue weighted by atomic mass is 15.0. The Morgan fingerprint density at radius 3 is 2.12 bits per heavy atom. The van der Waals surface area contributed by atoms with Crippen molar-refractivity contribution in [3.8, 4) is 29.0 Å². The summed E-state index contributed by atoms with van der Waals surface area (Å²) in [5.74, 6) is 0. The maximum Gasteiger partial charge on any atom is 0.101 e. The lowest BCUT2D eigenvalue weighted by atomic mass is 9.80. The monoisotopic (exact) mass is 409 g/mol. The highest BCUT2D eigenvalue weighted by Crippen LogP contribution is 2.53. The molecule has 3 heteroatoms. The number of hydrogen-bond acceptors (Lipinski definition) is 2. The second kappa shape index (κ2) is 6.33. The fraction of sp³-hybridized carbons (Fsp3) is 0.103. The summed E-state index contributed by atoms with van der Waals surface area (Å²) >= 11 is 0. The van der Waals surface area contributed by atoms with Gasteiger partial charge >= 0.3 is 0 Å². The molecular weight excluding hydrogens is 390 g/mol. The Kier molecular flexibility index (Phi) is 3.65. The zero-order chi connectivity index (χ0) is 22.0. The van der Waals surface area contributed by atoms with Crippen LogP contribution in [0, 0.1) is 22.7 Å². The largest absolute Gasteiger partial charge is 0.307 e. The summed E-state index contributed by atoms with van der Waals surface area (Å²) < 4.78 is 2.10. The van der Waals surface area contributed by atoms with E-state index in [-0.39, 0.29) is 5.41 Å². The molecule has 32 heavy (non-hydrogen) atoms. The number of fused-ring (bicyclic) bond motifs is 7. The Morgan fingerprint density at radius 1 is 0.688 bits per heavy atom. The van der Waals surface area contributed by atoms with Gasteiger partial charge in [0.1, 0.15) is 12.1 Å². The van der Waals surface area contributed by atoms with Crippen molar-refractivity contribution in [1.82, 2.24) is 4.57 Å². The van der Waals surface area contributed by atoms with Crippen molar-refractivity contribution in [3.05, 3.63) is 101 Å². The first-order chi connectivity index (χ1) is 15.6. The smallest absolute Gasteiger partial charge is 0.101 e. The van der Waals surface area contributed by atoms with E-state index in [1.54, 1.807) is 18.2 Å². The molecule has 4 aromatic carbocycles. The van der Waals surface area contributed by atoms with E-state index < -0.39 is 0 Å². The van der Waals surface area contributed by atoms with Crippen LogP contribution in [-0.4, -0.2) is 4.57 Å². The second-order valence-corrected chi connectivity index (χ2v) is 8.83. The second-order valence-electron chi connectivity index (χ2n) is 8.83. The summed E-state index contributed by atoms with van der Waals surface area (Å²) in [6, 6.07) is 31.2. The van der Waals surface area contributed by atoms with Crippen LogP contribution in [0.2, 0.25) is 0 Å². The molecule has 5 aromatic rings. The highest BCUT2D eigenvalue weighted by Gasteiger charge is 2.38. The van der Waals surface area contributed by atoms with Crippen molar-refractivity contribution in [1.29, 1.82) is 10.5 Å². The van der Waals surface area contributed by atoms with Crippen LogP contribution in [0.15, 0.2) is 78.9 Å². The average molecular weight is 409 g/mol. The molecule has 1 heterocycles. The quantitative estimate of drug-likeness (QED) is 0.304. The lowest BCUT2D eigenvalue weighted by molar-refractivity contribution is 0.666. The molecule has 0 aliphatic heterocycles. The summed E-state index contributed by atoms with van der Waals surface area (Å²) in [5, 5.41) is 22.1. The fourth-order valence-electron chi connectivity index (χ4n) is 5.54. The molecule has 0 bridgehead atoms. The van der Waals surface area contributed by atoms with E-state index in [1.165, 1.54) is 27.6 Å². The minimum absolute atomic E-state index is 0.160. The van der Waals surface area contributed by atoms with Crippen LogP contribution < -0.4 is 0 Å². The van der Waals surface area contributed by atoms with E-state index in [2.05, 4.69) is 85.2 Å². The molecule has 0 N–H and O–H groups in total. The van der Waals surface area contributed by atoms with Gasteiger partial charge in [0.25, 0.3) is 0 Å².